The van der Waals surface area contributed by atoms with Crippen molar-refractivity contribution in [3.05, 3.63) is 12.4 Å². The Balaban J connectivity index is 1.50. The molecule has 5 heterocycles. The van der Waals surface area contributed by atoms with Crippen LogP contribution in [0.3, 0.4) is 0 Å². The molecule has 0 amide bonds. The van der Waals surface area contributed by atoms with E-state index in [0.717, 1.165) is 32.5 Å². The van der Waals surface area contributed by atoms with Gasteiger partial charge < -0.3 is 19.3 Å². The molecule has 2 bridgehead atoms. The van der Waals surface area contributed by atoms with Gasteiger partial charge in [0.2, 0.25) is 5.88 Å². The summed E-state index contributed by atoms with van der Waals surface area (Å²) in [5.74, 6) is 0.716. The van der Waals surface area contributed by atoms with Crippen LogP contribution >= 0.6 is 0 Å². The highest BCUT2D eigenvalue weighted by molar-refractivity contribution is 5.43. The molecule has 1 spiro atoms. The highest BCUT2D eigenvalue weighted by Crippen LogP contribution is 2.43. The van der Waals surface area contributed by atoms with Gasteiger partial charge in [0.1, 0.15) is 17.7 Å². The van der Waals surface area contributed by atoms with E-state index in [4.69, 9.17) is 15.2 Å². The van der Waals surface area contributed by atoms with Crippen LogP contribution < -0.4 is 15.4 Å². The Bertz CT molecular complexity index is 638. The van der Waals surface area contributed by atoms with E-state index in [-0.39, 0.29) is 11.5 Å². The first kappa shape index (κ1) is 16.8. The molecule has 0 aromatic carbocycles. The number of piperidine rings is 3. The Morgan fingerprint density at radius 2 is 2.04 bits per heavy atom. The van der Waals surface area contributed by atoms with Gasteiger partial charge in [-0.1, -0.05) is 0 Å². The van der Waals surface area contributed by atoms with Crippen molar-refractivity contribution in [1.29, 1.82) is 0 Å². The summed E-state index contributed by atoms with van der Waals surface area (Å²) in [6, 6.07) is 1.37. The number of rotatable bonds is 3. The molecular formula is C15H20F3N5O2. The van der Waals surface area contributed by atoms with Crippen molar-refractivity contribution in [2.45, 2.75) is 31.0 Å². The van der Waals surface area contributed by atoms with Crippen LogP contribution in [0.4, 0.5) is 19.0 Å². The maximum absolute atomic E-state index is 12.3. The predicted molar refractivity (Wildman–Crippen MR) is 81.9 cm³/mol. The maximum atomic E-state index is 12.3. The molecule has 5 rings (SSSR count). The Kier molecular flexibility index (Phi) is 4.00. The van der Waals surface area contributed by atoms with Crippen molar-refractivity contribution in [3.8, 4) is 5.88 Å². The molecule has 2 unspecified atom stereocenters. The maximum Gasteiger partial charge on any atom is 0.422 e. The quantitative estimate of drug-likeness (QED) is 0.861. The zero-order valence-electron chi connectivity index (χ0n) is 13.6. The van der Waals surface area contributed by atoms with Crippen molar-refractivity contribution in [2.24, 2.45) is 11.7 Å². The molecule has 0 aliphatic carbocycles. The lowest BCUT2D eigenvalue weighted by Gasteiger charge is -2.50. The highest BCUT2D eigenvalue weighted by atomic mass is 19.4. The molecule has 0 radical (unpaired) electrons. The van der Waals surface area contributed by atoms with Gasteiger partial charge in [-0.2, -0.15) is 13.2 Å². The SMILES string of the molecule is NC1OC2(CN3CCC2CC3)CN1c1cc(OCC(F)(F)F)ncn1. The number of halogens is 3. The molecule has 2 atom stereocenters. The predicted octanol–water partition coefficient (Wildman–Crippen LogP) is 0.961. The highest BCUT2D eigenvalue weighted by Gasteiger charge is 2.54. The minimum Gasteiger partial charge on any atom is -0.468 e. The molecule has 7 nitrogen and oxygen atoms in total. The first-order chi connectivity index (χ1) is 11.8. The molecule has 10 heteroatoms. The Labute approximate surface area is 142 Å². The second-order valence-electron chi connectivity index (χ2n) is 6.87. The zero-order chi connectivity index (χ0) is 17.7. The summed E-state index contributed by atoms with van der Waals surface area (Å²) in [6.07, 6.45) is -1.78. The molecule has 1 aromatic rings. The van der Waals surface area contributed by atoms with E-state index in [1.807, 2.05) is 0 Å². The van der Waals surface area contributed by atoms with E-state index in [9.17, 15) is 13.2 Å². The lowest BCUT2D eigenvalue weighted by Crippen LogP contribution is -2.61. The van der Waals surface area contributed by atoms with Gasteiger partial charge in [-0.05, 0) is 31.8 Å². The van der Waals surface area contributed by atoms with Crippen LogP contribution in [0.1, 0.15) is 12.8 Å². The van der Waals surface area contributed by atoms with Gasteiger partial charge >= 0.3 is 6.18 Å². The van der Waals surface area contributed by atoms with Gasteiger partial charge in [-0.25, -0.2) is 9.97 Å². The number of anilines is 1. The molecule has 25 heavy (non-hydrogen) atoms. The second kappa shape index (κ2) is 5.96. The Hall–Kier alpha value is -1.65. The summed E-state index contributed by atoms with van der Waals surface area (Å²) >= 11 is 0. The van der Waals surface area contributed by atoms with Gasteiger partial charge in [0.05, 0.1) is 6.54 Å². The summed E-state index contributed by atoms with van der Waals surface area (Å²) in [6.45, 7) is 2.14. The average Bonchev–Trinajstić information content (AvgIpc) is 2.90. The van der Waals surface area contributed by atoms with E-state index >= 15 is 0 Å². The topological polar surface area (TPSA) is 76.7 Å². The van der Waals surface area contributed by atoms with Gasteiger partial charge in [-0.3, -0.25) is 5.73 Å². The van der Waals surface area contributed by atoms with Crippen LogP contribution in [-0.4, -0.2) is 65.8 Å². The van der Waals surface area contributed by atoms with Crippen LogP contribution in [0.25, 0.3) is 0 Å². The fraction of sp³-hybridized carbons (Fsp3) is 0.733. The molecule has 4 saturated heterocycles. The number of hydrogen-bond acceptors (Lipinski definition) is 7. The lowest BCUT2D eigenvalue weighted by atomic mass is 9.75. The van der Waals surface area contributed by atoms with Crippen molar-refractivity contribution in [2.75, 3.05) is 37.7 Å². The number of nitrogens with zero attached hydrogens (tertiary/aromatic N) is 4. The summed E-state index contributed by atoms with van der Waals surface area (Å²) in [4.78, 5) is 12.0. The number of fused-ring (bicyclic) bond motifs is 2. The molecule has 4 fully saturated rings. The van der Waals surface area contributed by atoms with Crippen molar-refractivity contribution < 1.29 is 22.6 Å². The number of alkyl halides is 3. The summed E-state index contributed by atoms with van der Waals surface area (Å²) in [7, 11) is 0. The largest absolute Gasteiger partial charge is 0.468 e. The Morgan fingerprint density at radius 1 is 1.28 bits per heavy atom. The number of hydrogen-bond donors (Lipinski definition) is 1. The number of aromatic nitrogens is 2. The monoisotopic (exact) mass is 359 g/mol. The molecule has 0 saturated carbocycles. The van der Waals surface area contributed by atoms with Gasteiger partial charge in [-0.15, -0.1) is 0 Å². The van der Waals surface area contributed by atoms with Crippen LogP contribution in [0.2, 0.25) is 0 Å². The third-order valence-corrected chi connectivity index (χ3v) is 5.23. The van der Waals surface area contributed by atoms with E-state index < -0.39 is 19.1 Å². The minimum absolute atomic E-state index is 0.135. The van der Waals surface area contributed by atoms with E-state index in [2.05, 4.69) is 14.9 Å². The van der Waals surface area contributed by atoms with Crippen LogP contribution in [-0.2, 0) is 4.74 Å². The zero-order valence-corrected chi connectivity index (χ0v) is 13.6. The smallest absolute Gasteiger partial charge is 0.422 e. The van der Waals surface area contributed by atoms with Crippen LogP contribution in [0, 0.1) is 5.92 Å². The normalized spacial score (nSPS) is 34.7. The van der Waals surface area contributed by atoms with E-state index in [1.165, 1.54) is 12.4 Å². The average molecular weight is 359 g/mol. The fourth-order valence-corrected chi connectivity index (χ4v) is 4.09. The van der Waals surface area contributed by atoms with E-state index in [1.54, 1.807) is 4.90 Å². The summed E-state index contributed by atoms with van der Waals surface area (Å²) < 4.78 is 47.7. The fourth-order valence-electron chi connectivity index (χ4n) is 4.09. The molecule has 4 aliphatic rings. The van der Waals surface area contributed by atoms with Crippen LogP contribution in [0.5, 0.6) is 5.88 Å². The third-order valence-electron chi connectivity index (χ3n) is 5.23. The molecule has 2 N–H and O–H groups in total. The second-order valence-corrected chi connectivity index (χ2v) is 6.87. The number of nitrogens with two attached hydrogens (primary N) is 1. The van der Waals surface area contributed by atoms with E-state index in [0.29, 0.717) is 18.3 Å². The first-order valence-electron chi connectivity index (χ1n) is 8.29. The molecule has 4 aliphatic heterocycles. The Morgan fingerprint density at radius 3 is 2.68 bits per heavy atom. The molecule has 1 aromatic heterocycles. The molecular weight excluding hydrogens is 339 g/mol. The minimum atomic E-state index is -4.42. The summed E-state index contributed by atoms with van der Waals surface area (Å²) in [5, 5.41) is 0. The molecule has 138 valence electrons. The standard InChI is InChI=1S/C15H20F3N5O2/c16-15(17,18)8-24-12-5-11(20-9-21-12)23-7-14(25-13(23)19)6-22-3-1-10(14)2-4-22/h5,9-10,13H,1-4,6-8,19H2. The first-order valence-corrected chi connectivity index (χ1v) is 8.29. The van der Waals surface area contributed by atoms with Gasteiger partial charge in [0, 0.05) is 12.6 Å². The van der Waals surface area contributed by atoms with Crippen LogP contribution in [0.15, 0.2) is 12.4 Å². The van der Waals surface area contributed by atoms with Crippen molar-refractivity contribution >= 4 is 5.82 Å². The van der Waals surface area contributed by atoms with Gasteiger partial charge in [0.25, 0.3) is 0 Å². The number of ether oxygens (including phenoxy) is 2. The summed E-state index contributed by atoms with van der Waals surface area (Å²) in [5.41, 5.74) is 5.81. The van der Waals surface area contributed by atoms with Crippen molar-refractivity contribution in [1.82, 2.24) is 14.9 Å². The van der Waals surface area contributed by atoms with Gasteiger partial charge in [0.15, 0.2) is 13.0 Å². The third kappa shape index (κ3) is 3.25. The van der Waals surface area contributed by atoms with Crippen molar-refractivity contribution in [3.63, 3.8) is 0 Å². The lowest BCUT2D eigenvalue weighted by molar-refractivity contribution is -0.154.